The Morgan fingerprint density at radius 1 is 1.00 bits per heavy atom. The van der Waals surface area contributed by atoms with Crippen molar-refractivity contribution in [2.24, 2.45) is 5.92 Å². The van der Waals surface area contributed by atoms with E-state index in [0.717, 1.165) is 0 Å². The van der Waals surface area contributed by atoms with Gasteiger partial charge < -0.3 is 0 Å². The van der Waals surface area contributed by atoms with Gasteiger partial charge in [0.15, 0.2) is 5.78 Å². The van der Waals surface area contributed by atoms with Gasteiger partial charge in [-0.3, -0.25) is 14.1 Å². The monoisotopic (exact) mass is 332 g/mol. The second kappa shape index (κ2) is 6.85. The van der Waals surface area contributed by atoms with Gasteiger partial charge in [0.2, 0.25) is 0 Å². The molecule has 2 aromatic rings. The topological polar surface area (TPSA) is 88.5 Å². The third-order valence-corrected chi connectivity index (χ3v) is 4.49. The van der Waals surface area contributed by atoms with Gasteiger partial charge in [-0.2, -0.15) is 8.42 Å². The SMILES string of the molecule is CC(=O)C(Cc1ccccc1S(=O)(=O)O)C(=O)c1ccccc1. The summed E-state index contributed by atoms with van der Waals surface area (Å²) in [6.45, 7) is 1.29. The molecule has 0 spiro atoms. The molecule has 0 amide bonds. The van der Waals surface area contributed by atoms with Crippen molar-refractivity contribution in [3.05, 3.63) is 65.7 Å². The zero-order valence-corrected chi connectivity index (χ0v) is 13.3. The molecule has 0 aliphatic rings. The number of Topliss-reactive ketones (excluding diaryl/α,β-unsaturated/α-hetero) is 2. The lowest BCUT2D eigenvalue weighted by Gasteiger charge is -2.14. The number of hydrogen-bond donors (Lipinski definition) is 1. The molecule has 0 aliphatic carbocycles. The van der Waals surface area contributed by atoms with E-state index < -0.39 is 16.0 Å². The van der Waals surface area contributed by atoms with Crippen LogP contribution in [-0.2, 0) is 21.3 Å². The Bertz CT molecular complexity index is 825. The van der Waals surface area contributed by atoms with E-state index in [2.05, 4.69) is 0 Å². The first kappa shape index (κ1) is 17.1. The summed E-state index contributed by atoms with van der Waals surface area (Å²) >= 11 is 0. The molecule has 0 fully saturated rings. The van der Waals surface area contributed by atoms with Crippen molar-refractivity contribution in [2.45, 2.75) is 18.2 Å². The van der Waals surface area contributed by atoms with Gasteiger partial charge in [0, 0.05) is 5.56 Å². The van der Waals surface area contributed by atoms with E-state index in [0.29, 0.717) is 5.56 Å². The van der Waals surface area contributed by atoms with Crippen LogP contribution in [-0.4, -0.2) is 24.5 Å². The molecule has 2 aromatic carbocycles. The molecule has 0 radical (unpaired) electrons. The van der Waals surface area contributed by atoms with Crippen LogP contribution in [0.3, 0.4) is 0 Å². The minimum Gasteiger partial charge on any atom is -0.299 e. The maximum absolute atomic E-state index is 12.5. The minimum absolute atomic E-state index is 0.0843. The lowest BCUT2D eigenvalue weighted by Crippen LogP contribution is -2.25. The van der Waals surface area contributed by atoms with Crippen LogP contribution in [0.1, 0.15) is 22.8 Å². The van der Waals surface area contributed by atoms with E-state index in [1.165, 1.54) is 25.1 Å². The van der Waals surface area contributed by atoms with Crippen LogP contribution in [0.5, 0.6) is 0 Å². The average molecular weight is 332 g/mol. The molecule has 120 valence electrons. The van der Waals surface area contributed by atoms with Crippen molar-refractivity contribution in [1.82, 2.24) is 0 Å². The first-order chi connectivity index (χ1) is 10.8. The summed E-state index contributed by atoms with van der Waals surface area (Å²) in [5.41, 5.74) is 0.622. The van der Waals surface area contributed by atoms with E-state index >= 15 is 0 Å². The molecule has 0 aromatic heterocycles. The predicted octanol–water partition coefficient (Wildman–Crippen LogP) is 2.56. The fraction of sp³-hybridized carbons (Fsp3) is 0.176. The normalized spacial score (nSPS) is 12.6. The van der Waals surface area contributed by atoms with Gasteiger partial charge in [-0.15, -0.1) is 0 Å². The molecule has 0 aliphatic heterocycles. The van der Waals surface area contributed by atoms with Crippen molar-refractivity contribution < 1.29 is 22.6 Å². The number of rotatable bonds is 6. The smallest absolute Gasteiger partial charge is 0.294 e. The highest BCUT2D eigenvalue weighted by Crippen LogP contribution is 2.22. The van der Waals surface area contributed by atoms with Gasteiger partial charge in [-0.1, -0.05) is 48.5 Å². The second-order valence-corrected chi connectivity index (χ2v) is 6.57. The van der Waals surface area contributed by atoms with Gasteiger partial charge in [-0.25, -0.2) is 0 Å². The summed E-state index contributed by atoms with van der Waals surface area (Å²) in [6, 6.07) is 14.1. The number of benzene rings is 2. The molecule has 0 bridgehead atoms. The Morgan fingerprint density at radius 3 is 2.13 bits per heavy atom. The second-order valence-electron chi connectivity index (χ2n) is 5.18. The van der Waals surface area contributed by atoms with Crippen molar-refractivity contribution >= 4 is 21.7 Å². The molecule has 23 heavy (non-hydrogen) atoms. The van der Waals surface area contributed by atoms with Crippen molar-refractivity contribution in [3.8, 4) is 0 Å². The molecule has 0 saturated heterocycles. The van der Waals surface area contributed by atoms with Crippen LogP contribution in [0.2, 0.25) is 0 Å². The van der Waals surface area contributed by atoms with E-state index in [4.69, 9.17) is 0 Å². The van der Waals surface area contributed by atoms with E-state index in [1.54, 1.807) is 36.4 Å². The molecular weight excluding hydrogens is 316 g/mol. The van der Waals surface area contributed by atoms with Crippen LogP contribution >= 0.6 is 0 Å². The Morgan fingerprint density at radius 2 is 1.57 bits per heavy atom. The number of ketones is 2. The maximum Gasteiger partial charge on any atom is 0.294 e. The zero-order chi connectivity index (χ0) is 17.0. The lowest BCUT2D eigenvalue weighted by molar-refractivity contribution is -0.119. The third-order valence-electron chi connectivity index (χ3n) is 3.54. The Kier molecular flexibility index (Phi) is 5.08. The highest BCUT2D eigenvalue weighted by atomic mass is 32.2. The predicted molar refractivity (Wildman–Crippen MR) is 84.9 cm³/mol. The summed E-state index contributed by atoms with van der Waals surface area (Å²) in [7, 11) is -4.42. The van der Waals surface area contributed by atoms with Crippen LogP contribution < -0.4 is 0 Å². The van der Waals surface area contributed by atoms with Crippen LogP contribution in [0, 0.1) is 5.92 Å². The minimum atomic E-state index is -4.42. The fourth-order valence-corrected chi connectivity index (χ4v) is 3.10. The highest BCUT2D eigenvalue weighted by molar-refractivity contribution is 7.85. The quantitative estimate of drug-likeness (QED) is 0.499. The third kappa shape index (κ3) is 4.12. The highest BCUT2D eigenvalue weighted by Gasteiger charge is 2.27. The first-order valence-electron chi connectivity index (χ1n) is 6.96. The molecule has 5 nitrogen and oxygen atoms in total. The molecule has 1 atom stereocenters. The Labute approximate surface area is 134 Å². The van der Waals surface area contributed by atoms with Crippen LogP contribution in [0.15, 0.2) is 59.5 Å². The molecule has 0 heterocycles. The van der Waals surface area contributed by atoms with Gasteiger partial charge in [-0.05, 0) is 25.0 Å². The molecule has 6 heteroatoms. The van der Waals surface area contributed by atoms with Gasteiger partial charge >= 0.3 is 0 Å². The summed E-state index contributed by atoms with van der Waals surface area (Å²) in [6.07, 6.45) is -0.0843. The Balaban J connectivity index is 2.39. The number of carbonyl (C=O) groups excluding carboxylic acids is 2. The van der Waals surface area contributed by atoms with Gasteiger partial charge in [0.25, 0.3) is 10.1 Å². The average Bonchev–Trinajstić information content (AvgIpc) is 2.52. The molecular formula is C17H16O5S. The van der Waals surface area contributed by atoms with Crippen molar-refractivity contribution in [2.75, 3.05) is 0 Å². The largest absolute Gasteiger partial charge is 0.299 e. The van der Waals surface area contributed by atoms with Gasteiger partial charge in [0.1, 0.15) is 5.78 Å². The zero-order valence-electron chi connectivity index (χ0n) is 12.5. The number of carbonyl (C=O) groups is 2. The molecule has 2 rings (SSSR count). The standard InChI is InChI=1S/C17H16O5S/c1-12(18)15(17(19)13-7-3-2-4-8-13)11-14-9-5-6-10-16(14)23(20,21)22/h2-10,15H,11H2,1H3,(H,20,21,22). The van der Waals surface area contributed by atoms with E-state index in [1.807, 2.05) is 0 Å². The maximum atomic E-state index is 12.5. The van der Waals surface area contributed by atoms with Crippen LogP contribution in [0.25, 0.3) is 0 Å². The first-order valence-corrected chi connectivity index (χ1v) is 8.40. The van der Waals surface area contributed by atoms with Crippen LogP contribution in [0.4, 0.5) is 0 Å². The summed E-state index contributed by atoms with van der Waals surface area (Å²) in [5.74, 6) is -1.73. The molecule has 1 unspecified atom stereocenters. The van der Waals surface area contributed by atoms with E-state index in [-0.39, 0.29) is 28.4 Å². The van der Waals surface area contributed by atoms with Crippen molar-refractivity contribution in [1.29, 1.82) is 0 Å². The fourth-order valence-electron chi connectivity index (χ4n) is 2.37. The van der Waals surface area contributed by atoms with E-state index in [9.17, 15) is 22.6 Å². The lowest BCUT2D eigenvalue weighted by atomic mass is 9.88. The summed E-state index contributed by atoms with van der Waals surface area (Å²) in [5, 5.41) is 0. The Hall–Kier alpha value is -2.31. The number of hydrogen-bond acceptors (Lipinski definition) is 4. The molecule has 0 saturated carbocycles. The summed E-state index contributed by atoms with van der Waals surface area (Å²) in [4.78, 5) is 24.1. The van der Waals surface area contributed by atoms with Gasteiger partial charge in [0.05, 0.1) is 10.8 Å². The summed E-state index contributed by atoms with van der Waals surface area (Å²) < 4.78 is 32.1. The van der Waals surface area contributed by atoms with Crippen molar-refractivity contribution in [3.63, 3.8) is 0 Å². The molecule has 1 N–H and O–H groups in total.